The summed E-state index contributed by atoms with van der Waals surface area (Å²) >= 11 is 5.55. The quantitative estimate of drug-likeness (QED) is 0.710. The van der Waals surface area contributed by atoms with Crippen molar-refractivity contribution < 1.29 is 9.47 Å². The minimum Gasteiger partial charge on any atom is -0.493 e. The summed E-state index contributed by atoms with van der Waals surface area (Å²) < 4.78 is 12.8. The number of aryl methyl sites for hydroxylation is 1. The average Bonchev–Trinajstić information content (AvgIpc) is 2.67. The van der Waals surface area contributed by atoms with Gasteiger partial charge in [0.05, 0.1) is 31.2 Å². The molecule has 0 aliphatic heterocycles. The summed E-state index contributed by atoms with van der Waals surface area (Å²) in [5.41, 5.74) is 3.02. The lowest BCUT2D eigenvalue weighted by Gasteiger charge is -2.27. The van der Waals surface area contributed by atoms with Crippen LogP contribution in [-0.4, -0.2) is 23.8 Å². The maximum Gasteiger partial charge on any atom is 0.262 e. The first kappa shape index (κ1) is 16.8. The number of H-pyrrole nitrogens is 1. The SMILES string of the molecule is COc1cc2[nH]c(=S)n(C3CCCc4ccccc43)c(=O)c2cc1OC. The van der Waals surface area contributed by atoms with Crippen molar-refractivity contribution in [2.24, 2.45) is 0 Å². The third-order valence-electron chi connectivity index (χ3n) is 5.08. The van der Waals surface area contributed by atoms with Crippen LogP contribution in [0.3, 0.4) is 0 Å². The highest BCUT2D eigenvalue weighted by atomic mass is 32.1. The molecule has 0 fully saturated rings. The number of methoxy groups -OCH3 is 2. The van der Waals surface area contributed by atoms with Crippen molar-refractivity contribution in [1.29, 1.82) is 0 Å². The molecule has 3 aromatic rings. The molecule has 0 saturated carbocycles. The number of hydrogen-bond acceptors (Lipinski definition) is 4. The van der Waals surface area contributed by atoms with Gasteiger partial charge in [-0.15, -0.1) is 0 Å². The van der Waals surface area contributed by atoms with Gasteiger partial charge in [0, 0.05) is 6.07 Å². The molecule has 1 N–H and O–H groups in total. The van der Waals surface area contributed by atoms with Crippen LogP contribution < -0.4 is 15.0 Å². The number of aromatic amines is 1. The number of hydrogen-bond donors (Lipinski definition) is 1. The Morgan fingerprint density at radius 1 is 1.15 bits per heavy atom. The molecule has 6 heteroatoms. The second kappa shape index (κ2) is 6.61. The highest BCUT2D eigenvalue weighted by Gasteiger charge is 2.24. The summed E-state index contributed by atoms with van der Waals surface area (Å²) in [6, 6.07) is 11.7. The van der Waals surface area contributed by atoms with Crippen LogP contribution in [0, 0.1) is 4.77 Å². The lowest BCUT2D eigenvalue weighted by molar-refractivity contribution is 0.355. The second-order valence-electron chi connectivity index (χ2n) is 6.46. The normalized spacial score (nSPS) is 16.3. The van der Waals surface area contributed by atoms with Crippen LogP contribution in [0.4, 0.5) is 0 Å². The zero-order valence-corrected chi connectivity index (χ0v) is 15.6. The zero-order chi connectivity index (χ0) is 18.3. The molecule has 1 atom stereocenters. The van der Waals surface area contributed by atoms with Crippen LogP contribution in [0.25, 0.3) is 10.9 Å². The molecule has 1 heterocycles. The molecule has 4 rings (SSSR count). The molecule has 134 valence electrons. The van der Waals surface area contributed by atoms with E-state index in [9.17, 15) is 4.79 Å². The molecule has 1 aliphatic rings. The van der Waals surface area contributed by atoms with Gasteiger partial charge in [-0.05, 0) is 48.7 Å². The monoisotopic (exact) mass is 368 g/mol. The minimum atomic E-state index is -0.105. The standard InChI is InChI=1S/C20H20N2O3S/c1-24-17-10-14-15(11-18(17)25-2)21-20(26)22(19(14)23)16-9-5-7-12-6-3-4-8-13(12)16/h3-4,6,8,10-11,16H,5,7,9H2,1-2H3,(H,21,26). The summed E-state index contributed by atoms with van der Waals surface area (Å²) in [6.07, 6.45) is 2.97. The van der Waals surface area contributed by atoms with E-state index in [4.69, 9.17) is 21.7 Å². The Kier molecular flexibility index (Phi) is 4.28. The fourth-order valence-corrected chi connectivity index (χ4v) is 4.16. The number of benzene rings is 2. The van der Waals surface area contributed by atoms with E-state index in [0.717, 1.165) is 19.3 Å². The third kappa shape index (κ3) is 2.61. The summed E-state index contributed by atoms with van der Waals surface area (Å²) in [6.45, 7) is 0. The van der Waals surface area contributed by atoms with Crippen molar-refractivity contribution >= 4 is 23.1 Å². The van der Waals surface area contributed by atoms with Gasteiger partial charge >= 0.3 is 0 Å². The summed E-state index contributed by atoms with van der Waals surface area (Å²) in [4.78, 5) is 16.5. The Hall–Kier alpha value is -2.60. The van der Waals surface area contributed by atoms with Gasteiger partial charge in [-0.2, -0.15) is 0 Å². The van der Waals surface area contributed by atoms with Crippen molar-refractivity contribution in [2.75, 3.05) is 14.2 Å². The van der Waals surface area contributed by atoms with Crippen LogP contribution in [0.5, 0.6) is 11.5 Å². The summed E-state index contributed by atoms with van der Waals surface area (Å²) in [5, 5.41) is 0.541. The zero-order valence-electron chi connectivity index (χ0n) is 14.7. The molecule has 0 bridgehead atoms. The van der Waals surface area contributed by atoms with E-state index in [-0.39, 0.29) is 11.6 Å². The van der Waals surface area contributed by atoms with Crippen molar-refractivity contribution in [2.45, 2.75) is 25.3 Å². The number of ether oxygens (including phenoxy) is 2. The van der Waals surface area contributed by atoms with Crippen LogP contribution in [0.1, 0.15) is 30.0 Å². The van der Waals surface area contributed by atoms with E-state index in [0.29, 0.717) is 27.2 Å². The Labute approximate surface area is 156 Å². The van der Waals surface area contributed by atoms with Gasteiger partial charge in [-0.25, -0.2) is 0 Å². The lowest BCUT2D eigenvalue weighted by Crippen LogP contribution is -2.29. The predicted octanol–water partition coefficient (Wildman–Crippen LogP) is 4.00. The second-order valence-corrected chi connectivity index (χ2v) is 6.85. The topological polar surface area (TPSA) is 56.2 Å². The molecule has 5 nitrogen and oxygen atoms in total. The number of aromatic nitrogens is 2. The molecule has 26 heavy (non-hydrogen) atoms. The third-order valence-corrected chi connectivity index (χ3v) is 5.38. The van der Waals surface area contributed by atoms with E-state index in [2.05, 4.69) is 17.1 Å². The average molecular weight is 368 g/mol. The van der Waals surface area contributed by atoms with E-state index >= 15 is 0 Å². The van der Waals surface area contributed by atoms with Gasteiger partial charge in [0.1, 0.15) is 0 Å². The van der Waals surface area contributed by atoms with Crippen molar-refractivity contribution in [3.8, 4) is 11.5 Å². The van der Waals surface area contributed by atoms with Crippen molar-refractivity contribution in [3.63, 3.8) is 0 Å². The first-order chi connectivity index (χ1) is 12.6. The molecule has 1 unspecified atom stereocenters. The van der Waals surface area contributed by atoms with Crippen LogP contribution in [-0.2, 0) is 6.42 Å². The van der Waals surface area contributed by atoms with E-state index in [1.807, 2.05) is 12.1 Å². The van der Waals surface area contributed by atoms with E-state index in [1.54, 1.807) is 30.9 Å². The number of nitrogens with one attached hydrogen (secondary N) is 1. The van der Waals surface area contributed by atoms with Gasteiger partial charge in [0.2, 0.25) is 0 Å². The van der Waals surface area contributed by atoms with E-state index in [1.165, 1.54) is 11.1 Å². The molecule has 2 aromatic carbocycles. The maximum atomic E-state index is 13.3. The lowest BCUT2D eigenvalue weighted by atomic mass is 9.87. The molecule has 1 aromatic heterocycles. The molecule has 0 spiro atoms. The van der Waals surface area contributed by atoms with Crippen LogP contribution in [0.2, 0.25) is 0 Å². The van der Waals surface area contributed by atoms with Crippen LogP contribution in [0.15, 0.2) is 41.2 Å². The largest absolute Gasteiger partial charge is 0.493 e. The van der Waals surface area contributed by atoms with Gasteiger partial charge < -0.3 is 14.5 Å². The fourth-order valence-electron chi connectivity index (χ4n) is 3.84. The number of fused-ring (bicyclic) bond motifs is 2. The Bertz CT molecular complexity index is 1100. The Balaban J connectivity index is 1.98. The smallest absolute Gasteiger partial charge is 0.262 e. The molecule has 0 radical (unpaired) electrons. The molecular weight excluding hydrogens is 348 g/mol. The maximum absolute atomic E-state index is 13.3. The Morgan fingerprint density at radius 3 is 2.65 bits per heavy atom. The number of rotatable bonds is 3. The molecular formula is C20H20N2O3S. The van der Waals surface area contributed by atoms with Gasteiger partial charge in [-0.1, -0.05) is 24.3 Å². The van der Waals surface area contributed by atoms with Gasteiger partial charge in [-0.3, -0.25) is 9.36 Å². The summed E-state index contributed by atoms with van der Waals surface area (Å²) in [5.74, 6) is 1.09. The summed E-state index contributed by atoms with van der Waals surface area (Å²) in [7, 11) is 3.13. The number of nitrogens with zero attached hydrogens (tertiary/aromatic N) is 1. The first-order valence-electron chi connectivity index (χ1n) is 8.62. The van der Waals surface area contributed by atoms with Gasteiger partial charge in [0.15, 0.2) is 16.3 Å². The fraction of sp³-hybridized carbons (Fsp3) is 0.300. The predicted molar refractivity (Wildman–Crippen MR) is 104 cm³/mol. The molecule has 1 aliphatic carbocycles. The highest BCUT2D eigenvalue weighted by Crippen LogP contribution is 2.34. The van der Waals surface area contributed by atoms with Crippen molar-refractivity contribution in [3.05, 3.63) is 62.6 Å². The highest BCUT2D eigenvalue weighted by molar-refractivity contribution is 7.71. The molecule has 0 amide bonds. The first-order valence-corrected chi connectivity index (χ1v) is 9.03. The minimum absolute atomic E-state index is 0.0475. The molecule has 0 saturated heterocycles. The van der Waals surface area contributed by atoms with Gasteiger partial charge in [0.25, 0.3) is 5.56 Å². The Morgan fingerprint density at radius 2 is 1.88 bits per heavy atom. The van der Waals surface area contributed by atoms with Crippen molar-refractivity contribution in [1.82, 2.24) is 9.55 Å². The van der Waals surface area contributed by atoms with E-state index < -0.39 is 0 Å². The van der Waals surface area contributed by atoms with Crippen LogP contribution >= 0.6 is 12.2 Å².